The highest BCUT2D eigenvalue weighted by molar-refractivity contribution is 7.99. The molecule has 0 bridgehead atoms. The van der Waals surface area contributed by atoms with E-state index in [0.717, 1.165) is 5.75 Å². The van der Waals surface area contributed by atoms with Gasteiger partial charge in [-0.2, -0.15) is 11.8 Å². The molecule has 3 nitrogen and oxygen atoms in total. The van der Waals surface area contributed by atoms with Gasteiger partial charge in [0.25, 0.3) is 0 Å². The molecule has 0 aromatic rings. The summed E-state index contributed by atoms with van der Waals surface area (Å²) in [6.45, 7) is 2.02. The summed E-state index contributed by atoms with van der Waals surface area (Å²) in [5.74, 6) is 1.90. The second-order valence-corrected chi connectivity index (χ2v) is 2.50. The molecule has 48 valence electrons. The molecular formula is C4H10N2OS. The van der Waals surface area contributed by atoms with Gasteiger partial charge >= 0.3 is 0 Å². The highest BCUT2D eigenvalue weighted by Gasteiger charge is 1.88. The van der Waals surface area contributed by atoms with Crippen molar-refractivity contribution in [3.63, 3.8) is 0 Å². The van der Waals surface area contributed by atoms with E-state index < -0.39 is 0 Å². The Morgan fingerprint density at radius 1 is 1.88 bits per heavy atom. The largest absolute Gasteiger partial charge is 0.409 e. The van der Waals surface area contributed by atoms with Gasteiger partial charge in [0.15, 0.2) is 0 Å². The summed E-state index contributed by atoms with van der Waals surface area (Å²) >= 11 is 1.62. The van der Waals surface area contributed by atoms with Gasteiger partial charge in [0.2, 0.25) is 0 Å². The van der Waals surface area contributed by atoms with Crippen molar-refractivity contribution < 1.29 is 5.21 Å². The fraction of sp³-hybridized carbons (Fsp3) is 0.750. The quantitative estimate of drug-likeness (QED) is 0.255. The van der Waals surface area contributed by atoms with E-state index in [0.29, 0.717) is 5.75 Å². The molecule has 0 saturated heterocycles. The van der Waals surface area contributed by atoms with Crippen molar-refractivity contribution in [1.29, 1.82) is 0 Å². The molecule has 0 aromatic heterocycles. The first-order valence-corrected chi connectivity index (χ1v) is 3.50. The molecule has 4 heteroatoms. The third-order valence-electron chi connectivity index (χ3n) is 0.583. The van der Waals surface area contributed by atoms with Crippen LogP contribution in [0.5, 0.6) is 0 Å². The Kier molecular flexibility index (Phi) is 4.54. The maximum Gasteiger partial charge on any atom is 0.149 e. The van der Waals surface area contributed by atoms with Crippen LogP contribution in [0.25, 0.3) is 0 Å². The van der Waals surface area contributed by atoms with Gasteiger partial charge in [-0.25, -0.2) is 0 Å². The number of oxime groups is 1. The van der Waals surface area contributed by atoms with Gasteiger partial charge in [-0.15, -0.1) is 0 Å². The molecule has 0 heterocycles. The summed E-state index contributed by atoms with van der Waals surface area (Å²) in [5.41, 5.74) is 5.14. The zero-order valence-electron chi connectivity index (χ0n) is 4.79. The van der Waals surface area contributed by atoms with Crippen molar-refractivity contribution in [2.75, 3.05) is 11.5 Å². The van der Waals surface area contributed by atoms with Crippen LogP contribution < -0.4 is 5.73 Å². The minimum absolute atomic E-state index is 0.289. The van der Waals surface area contributed by atoms with Crippen LogP contribution in [-0.2, 0) is 0 Å². The van der Waals surface area contributed by atoms with Crippen LogP contribution in [0, 0.1) is 0 Å². The highest BCUT2D eigenvalue weighted by atomic mass is 32.2. The Balaban J connectivity index is 3.12. The van der Waals surface area contributed by atoms with Crippen LogP contribution >= 0.6 is 11.8 Å². The molecule has 0 amide bonds. The summed E-state index contributed by atoms with van der Waals surface area (Å²) in [6.07, 6.45) is 0. The van der Waals surface area contributed by atoms with Crippen molar-refractivity contribution in [2.45, 2.75) is 6.92 Å². The van der Waals surface area contributed by atoms with Crippen molar-refractivity contribution >= 4 is 17.6 Å². The number of hydrogen-bond donors (Lipinski definition) is 2. The standard InChI is InChI=1S/C4H10N2OS/c1-2-8-3-4(5)6-7/h7H,2-3H2,1H3,(H2,5,6). The number of nitrogens with two attached hydrogens (primary N) is 1. The molecule has 3 N–H and O–H groups in total. The number of nitrogens with zero attached hydrogens (tertiary/aromatic N) is 1. The maximum absolute atomic E-state index is 8.01. The lowest BCUT2D eigenvalue weighted by atomic mass is 10.7. The van der Waals surface area contributed by atoms with Gasteiger partial charge in [-0.05, 0) is 5.75 Å². The third-order valence-corrected chi connectivity index (χ3v) is 1.49. The van der Waals surface area contributed by atoms with Crippen molar-refractivity contribution in [1.82, 2.24) is 0 Å². The maximum atomic E-state index is 8.01. The zero-order chi connectivity index (χ0) is 6.41. The van der Waals surface area contributed by atoms with Gasteiger partial charge in [0.1, 0.15) is 5.84 Å². The van der Waals surface area contributed by atoms with E-state index in [9.17, 15) is 0 Å². The zero-order valence-corrected chi connectivity index (χ0v) is 5.61. The Morgan fingerprint density at radius 2 is 2.50 bits per heavy atom. The molecule has 0 aliphatic heterocycles. The minimum atomic E-state index is 0.289. The normalized spacial score (nSPS) is 11.9. The molecule has 0 unspecified atom stereocenters. The number of thioether (sulfide) groups is 1. The molecule has 0 saturated carbocycles. The van der Waals surface area contributed by atoms with Crippen LogP contribution in [-0.4, -0.2) is 22.5 Å². The fourth-order valence-corrected chi connectivity index (χ4v) is 0.706. The van der Waals surface area contributed by atoms with E-state index in [-0.39, 0.29) is 5.84 Å². The predicted octanol–water partition coefficient (Wildman–Crippen LogP) is 0.486. The molecule has 8 heavy (non-hydrogen) atoms. The van der Waals surface area contributed by atoms with E-state index >= 15 is 0 Å². The van der Waals surface area contributed by atoms with Gasteiger partial charge in [0, 0.05) is 0 Å². The number of hydrogen-bond acceptors (Lipinski definition) is 3. The Labute approximate surface area is 52.9 Å². The molecule has 0 spiro atoms. The monoisotopic (exact) mass is 134 g/mol. The third kappa shape index (κ3) is 3.80. The predicted molar refractivity (Wildman–Crippen MR) is 36.4 cm³/mol. The van der Waals surface area contributed by atoms with E-state index in [1.165, 1.54) is 0 Å². The van der Waals surface area contributed by atoms with E-state index in [2.05, 4.69) is 5.16 Å². The van der Waals surface area contributed by atoms with Gasteiger partial charge in [0.05, 0.1) is 5.75 Å². The first-order valence-electron chi connectivity index (χ1n) is 2.35. The van der Waals surface area contributed by atoms with E-state index in [1.54, 1.807) is 11.8 Å². The van der Waals surface area contributed by atoms with Gasteiger partial charge in [-0.1, -0.05) is 12.1 Å². The van der Waals surface area contributed by atoms with Crippen LogP contribution in [0.3, 0.4) is 0 Å². The van der Waals surface area contributed by atoms with E-state index in [1.807, 2.05) is 6.92 Å². The summed E-state index contributed by atoms with van der Waals surface area (Å²) < 4.78 is 0. The second kappa shape index (κ2) is 4.77. The average molecular weight is 134 g/mol. The van der Waals surface area contributed by atoms with Gasteiger partial charge < -0.3 is 10.9 Å². The Hall–Kier alpha value is -0.380. The molecule has 0 aliphatic rings. The Morgan fingerprint density at radius 3 is 2.88 bits per heavy atom. The van der Waals surface area contributed by atoms with Crippen molar-refractivity contribution in [3.8, 4) is 0 Å². The fourth-order valence-electron chi connectivity index (χ4n) is 0.235. The van der Waals surface area contributed by atoms with Crippen LogP contribution in [0.4, 0.5) is 0 Å². The van der Waals surface area contributed by atoms with Crippen LogP contribution in [0.1, 0.15) is 6.92 Å². The highest BCUT2D eigenvalue weighted by Crippen LogP contribution is 1.95. The molecular weight excluding hydrogens is 124 g/mol. The second-order valence-electron chi connectivity index (χ2n) is 1.23. The van der Waals surface area contributed by atoms with E-state index in [4.69, 9.17) is 10.9 Å². The first kappa shape index (κ1) is 7.62. The lowest BCUT2D eigenvalue weighted by Crippen LogP contribution is -2.14. The first-order chi connectivity index (χ1) is 3.81. The molecule has 0 rings (SSSR count). The number of rotatable bonds is 3. The van der Waals surface area contributed by atoms with Crippen molar-refractivity contribution in [2.24, 2.45) is 10.9 Å². The molecule has 0 atom stereocenters. The summed E-state index contributed by atoms with van der Waals surface area (Å²) in [6, 6.07) is 0. The van der Waals surface area contributed by atoms with Crippen LogP contribution in [0.15, 0.2) is 5.16 Å². The summed E-state index contributed by atoms with van der Waals surface area (Å²) in [4.78, 5) is 0. The summed E-state index contributed by atoms with van der Waals surface area (Å²) in [5, 5.41) is 10.8. The topological polar surface area (TPSA) is 58.6 Å². The Bertz CT molecular complexity index is 84.1. The molecule has 0 fully saturated rings. The smallest absolute Gasteiger partial charge is 0.149 e. The SMILES string of the molecule is CCSC/C(N)=N/O. The minimum Gasteiger partial charge on any atom is -0.409 e. The lowest BCUT2D eigenvalue weighted by molar-refractivity contribution is 0.318. The molecule has 0 aromatic carbocycles. The number of amidine groups is 1. The van der Waals surface area contributed by atoms with Crippen LogP contribution in [0.2, 0.25) is 0 Å². The van der Waals surface area contributed by atoms with Gasteiger partial charge in [-0.3, -0.25) is 0 Å². The molecule has 0 radical (unpaired) electrons. The summed E-state index contributed by atoms with van der Waals surface area (Å²) in [7, 11) is 0. The molecule has 0 aliphatic carbocycles. The lowest BCUT2D eigenvalue weighted by Gasteiger charge is -1.92. The average Bonchev–Trinajstić information content (AvgIpc) is 1.83. The van der Waals surface area contributed by atoms with Crippen molar-refractivity contribution in [3.05, 3.63) is 0 Å².